The topological polar surface area (TPSA) is 0 Å². The second-order valence-electron chi connectivity index (χ2n) is 12.9. The summed E-state index contributed by atoms with van der Waals surface area (Å²) >= 11 is 0. The van der Waals surface area contributed by atoms with Gasteiger partial charge in [0.2, 0.25) is 0 Å². The van der Waals surface area contributed by atoms with Gasteiger partial charge in [0, 0.05) is 0 Å². The Kier molecular flexibility index (Phi) is 23.2. The van der Waals surface area contributed by atoms with Gasteiger partial charge < -0.3 is 0 Å². The molecule has 0 atom stereocenters. The molecule has 0 unspecified atom stereocenters. The standard InChI is InChI=1S/C40H68/c1-2-3-4-5-6-7-8-9-10-11-12-13-14-15-16-17-18-19-20-21-22-23-24-25-26-27-28-29-33-38-35-32-36-39-34-30-31-37-40(38)39/h30-32,34-37H,2-29,33H2,1H3. The Balaban J connectivity index is 1.21. The average molecular weight is 549 g/mol. The molecule has 0 spiro atoms. The highest BCUT2D eigenvalue weighted by atomic mass is 14.1. The first kappa shape index (κ1) is 34.9. The Morgan fingerprint density at radius 3 is 1.05 bits per heavy atom. The van der Waals surface area contributed by atoms with E-state index in [0.717, 1.165) is 0 Å². The number of aryl methyl sites for hydroxylation is 1. The molecule has 2 aromatic carbocycles. The summed E-state index contributed by atoms with van der Waals surface area (Å²) in [6.45, 7) is 2.31. The molecule has 0 saturated carbocycles. The van der Waals surface area contributed by atoms with Crippen molar-refractivity contribution in [1.82, 2.24) is 0 Å². The molecule has 0 nitrogen and oxygen atoms in total. The molecule has 0 N–H and O–H groups in total. The second-order valence-corrected chi connectivity index (χ2v) is 12.9. The number of rotatable bonds is 29. The van der Waals surface area contributed by atoms with Crippen molar-refractivity contribution in [3.05, 3.63) is 48.0 Å². The van der Waals surface area contributed by atoms with Gasteiger partial charge in [-0.25, -0.2) is 0 Å². The van der Waals surface area contributed by atoms with Gasteiger partial charge in [0.25, 0.3) is 0 Å². The maximum absolute atomic E-state index is 2.32. The van der Waals surface area contributed by atoms with Crippen LogP contribution in [0.4, 0.5) is 0 Å². The molecule has 228 valence electrons. The minimum Gasteiger partial charge on any atom is -0.0654 e. The van der Waals surface area contributed by atoms with E-state index in [1.807, 2.05) is 0 Å². The van der Waals surface area contributed by atoms with Crippen LogP contribution in [0.2, 0.25) is 0 Å². The minimum atomic E-state index is 1.24. The smallest absolute Gasteiger partial charge is 0.0152 e. The Labute approximate surface area is 251 Å². The van der Waals surface area contributed by atoms with Crippen LogP contribution in [0.15, 0.2) is 42.5 Å². The molecule has 2 aromatic rings. The fourth-order valence-corrected chi connectivity index (χ4v) is 6.50. The van der Waals surface area contributed by atoms with Gasteiger partial charge in [-0.05, 0) is 29.2 Å². The molecule has 0 saturated heterocycles. The van der Waals surface area contributed by atoms with Crippen molar-refractivity contribution in [3.63, 3.8) is 0 Å². The maximum atomic E-state index is 2.32. The van der Waals surface area contributed by atoms with E-state index in [2.05, 4.69) is 49.4 Å². The van der Waals surface area contributed by atoms with E-state index < -0.39 is 0 Å². The summed E-state index contributed by atoms with van der Waals surface area (Å²) in [6, 6.07) is 15.6. The van der Waals surface area contributed by atoms with Gasteiger partial charge in [-0.1, -0.05) is 223 Å². The number of hydrogen-bond acceptors (Lipinski definition) is 0. The Bertz CT molecular complexity index is 784. The fourth-order valence-electron chi connectivity index (χ4n) is 6.50. The lowest BCUT2D eigenvalue weighted by Crippen LogP contribution is -1.88. The third-order valence-electron chi connectivity index (χ3n) is 9.18. The van der Waals surface area contributed by atoms with Gasteiger partial charge in [0.15, 0.2) is 0 Å². The Hall–Kier alpha value is -1.30. The molecule has 0 bridgehead atoms. The summed E-state index contributed by atoms with van der Waals surface area (Å²) < 4.78 is 0. The number of benzene rings is 2. The molecule has 0 heterocycles. The number of unbranched alkanes of at least 4 members (excludes halogenated alkanes) is 27. The molecule has 2 rings (SSSR count). The predicted octanol–water partition coefficient (Wildman–Crippen LogP) is 14.3. The van der Waals surface area contributed by atoms with E-state index >= 15 is 0 Å². The van der Waals surface area contributed by atoms with Gasteiger partial charge in [-0.3, -0.25) is 0 Å². The lowest BCUT2D eigenvalue weighted by molar-refractivity contribution is 0.514. The number of hydrogen-bond donors (Lipinski definition) is 0. The zero-order chi connectivity index (χ0) is 28.2. The highest BCUT2D eigenvalue weighted by Gasteiger charge is 2.01. The number of fused-ring (bicyclic) bond motifs is 1. The summed E-state index contributed by atoms with van der Waals surface area (Å²) in [5.41, 5.74) is 1.54. The molecule has 40 heavy (non-hydrogen) atoms. The maximum Gasteiger partial charge on any atom is -0.0152 e. The average Bonchev–Trinajstić information content (AvgIpc) is 2.98. The van der Waals surface area contributed by atoms with Crippen molar-refractivity contribution in [3.8, 4) is 0 Å². The monoisotopic (exact) mass is 549 g/mol. The van der Waals surface area contributed by atoms with Gasteiger partial charge in [0.05, 0.1) is 0 Å². The summed E-state index contributed by atoms with van der Waals surface area (Å²) in [5.74, 6) is 0. The molecule has 0 aliphatic rings. The molecule has 0 amide bonds. The summed E-state index contributed by atoms with van der Waals surface area (Å²) in [7, 11) is 0. The molecule has 0 aliphatic carbocycles. The first-order chi connectivity index (χ1) is 19.9. The van der Waals surface area contributed by atoms with Crippen molar-refractivity contribution in [2.75, 3.05) is 0 Å². The van der Waals surface area contributed by atoms with Crippen LogP contribution in [-0.2, 0) is 6.42 Å². The molecule has 0 radical (unpaired) electrons. The largest absolute Gasteiger partial charge is 0.0654 e. The first-order valence-electron chi connectivity index (χ1n) is 18.4. The van der Waals surface area contributed by atoms with Gasteiger partial charge in [-0.2, -0.15) is 0 Å². The van der Waals surface area contributed by atoms with Crippen molar-refractivity contribution in [2.45, 2.75) is 193 Å². The van der Waals surface area contributed by atoms with Crippen molar-refractivity contribution >= 4 is 10.8 Å². The van der Waals surface area contributed by atoms with Crippen LogP contribution in [0.1, 0.15) is 192 Å². The molecular weight excluding hydrogens is 480 g/mol. The molecule has 0 aromatic heterocycles. The normalized spacial score (nSPS) is 11.5. The molecule has 0 fully saturated rings. The SMILES string of the molecule is CCCCCCCCCCCCCCCCCCCCCCCCCCCCCCc1cccc2ccccc12. The van der Waals surface area contributed by atoms with Crippen LogP contribution in [0.25, 0.3) is 10.8 Å². The van der Waals surface area contributed by atoms with Crippen LogP contribution in [0.5, 0.6) is 0 Å². The van der Waals surface area contributed by atoms with Gasteiger partial charge in [0.1, 0.15) is 0 Å². The van der Waals surface area contributed by atoms with Gasteiger partial charge >= 0.3 is 0 Å². The van der Waals surface area contributed by atoms with E-state index in [-0.39, 0.29) is 0 Å². The fraction of sp³-hybridized carbons (Fsp3) is 0.750. The van der Waals surface area contributed by atoms with Crippen LogP contribution in [-0.4, -0.2) is 0 Å². The lowest BCUT2D eigenvalue weighted by atomic mass is 9.99. The van der Waals surface area contributed by atoms with Crippen molar-refractivity contribution in [1.29, 1.82) is 0 Å². The highest BCUT2D eigenvalue weighted by Crippen LogP contribution is 2.21. The molecule has 0 aliphatic heterocycles. The van der Waals surface area contributed by atoms with E-state index in [1.165, 1.54) is 203 Å². The molecular formula is C40H68. The lowest BCUT2D eigenvalue weighted by Gasteiger charge is -2.07. The van der Waals surface area contributed by atoms with Crippen LogP contribution >= 0.6 is 0 Å². The summed E-state index contributed by atoms with van der Waals surface area (Å²) in [4.78, 5) is 0. The highest BCUT2D eigenvalue weighted by molar-refractivity contribution is 5.85. The summed E-state index contributed by atoms with van der Waals surface area (Å²) in [6.07, 6.45) is 42.2. The second kappa shape index (κ2) is 26.6. The summed E-state index contributed by atoms with van der Waals surface area (Å²) in [5, 5.41) is 2.84. The van der Waals surface area contributed by atoms with E-state index in [4.69, 9.17) is 0 Å². The zero-order valence-electron chi connectivity index (χ0n) is 27.0. The third-order valence-corrected chi connectivity index (χ3v) is 9.18. The third kappa shape index (κ3) is 18.9. The quantitative estimate of drug-likeness (QED) is 0.0887. The Morgan fingerprint density at radius 1 is 0.325 bits per heavy atom. The van der Waals surface area contributed by atoms with Crippen LogP contribution < -0.4 is 0 Å². The minimum absolute atomic E-state index is 1.24. The molecule has 0 heteroatoms. The van der Waals surface area contributed by atoms with Crippen molar-refractivity contribution < 1.29 is 0 Å². The van der Waals surface area contributed by atoms with Gasteiger partial charge in [-0.15, -0.1) is 0 Å². The zero-order valence-corrected chi connectivity index (χ0v) is 27.0. The first-order valence-corrected chi connectivity index (χ1v) is 18.4. The Morgan fingerprint density at radius 2 is 0.650 bits per heavy atom. The van der Waals surface area contributed by atoms with E-state index in [9.17, 15) is 0 Å². The van der Waals surface area contributed by atoms with Crippen molar-refractivity contribution in [2.24, 2.45) is 0 Å². The van der Waals surface area contributed by atoms with Crippen LogP contribution in [0, 0.1) is 0 Å². The van der Waals surface area contributed by atoms with Crippen LogP contribution in [0.3, 0.4) is 0 Å². The van der Waals surface area contributed by atoms with E-state index in [1.54, 1.807) is 0 Å². The predicted molar refractivity (Wildman–Crippen MR) is 183 cm³/mol. The van der Waals surface area contributed by atoms with E-state index in [0.29, 0.717) is 0 Å².